The summed E-state index contributed by atoms with van der Waals surface area (Å²) in [6.07, 6.45) is 2.42. The van der Waals surface area contributed by atoms with Crippen molar-refractivity contribution in [3.8, 4) is 0 Å². The van der Waals surface area contributed by atoms with Crippen molar-refractivity contribution in [3.63, 3.8) is 0 Å². The molecular formula is C20H19ClFN3O3S. The molecule has 2 aromatic carbocycles. The summed E-state index contributed by atoms with van der Waals surface area (Å²) in [4.78, 5) is 17.1. The summed E-state index contributed by atoms with van der Waals surface area (Å²) in [5, 5.41) is 0.894. The number of hydrogen-bond donors (Lipinski definition) is 0. The van der Waals surface area contributed by atoms with E-state index >= 15 is 0 Å². The van der Waals surface area contributed by atoms with Crippen molar-refractivity contribution in [2.45, 2.75) is 30.7 Å². The fourth-order valence-corrected chi connectivity index (χ4v) is 5.27. The molecule has 1 fully saturated rings. The SMILES string of the molecule is Cc1ccc(S(=O)(=O)N2CCC(n3cnc4ccc(Cl)cc4c3=O)CC2)cc1F. The lowest BCUT2D eigenvalue weighted by Crippen LogP contribution is -2.40. The summed E-state index contributed by atoms with van der Waals surface area (Å²) in [6.45, 7) is 2.06. The van der Waals surface area contributed by atoms with Crippen molar-refractivity contribution >= 4 is 32.5 Å². The third-order valence-electron chi connectivity index (χ3n) is 5.34. The zero-order chi connectivity index (χ0) is 20.8. The first-order chi connectivity index (χ1) is 13.8. The van der Waals surface area contributed by atoms with Crippen LogP contribution in [-0.2, 0) is 10.0 Å². The third kappa shape index (κ3) is 3.68. The van der Waals surface area contributed by atoms with E-state index in [0.717, 1.165) is 6.07 Å². The lowest BCUT2D eigenvalue weighted by molar-refractivity contribution is 0.269. The van der Waals surface area contributed by atoms with Gasteiger partial charge in [0.2, 0.25) is 10.0 Å². The molecule has 4 rings (SSSR count). The number of nitrogens with zero attached hydrogens (tertiary/aromatic N) is 3. The van der Waals surface area contributed by atoms with Gasteiger partial charge in [0.25, 0.3) is 5.56 Å². The molecule has 0 spiro atoms. The zero-order valence-corrected chi connectivity index (χ0v) is 17.3. The number of halogens is 2. The Bertz CT molecular complexity index is 1250. The Morgan fingerprint density at radius 2 is 1.86 bits per heavy atom. The van der Waals surface area contributed by atoms with Crippen molar-refractivity contribution in [2.75, 3.05) is 13.1 Å². The second-order valence-electron chi connectivity index (χ2n) is 7.16. The largest absolute Gasteiger partial charge is 0.296 e. The van der Waals surface area contributed by atoms with E-state index < -0.39 is 15.8 Å². The molecule has 1 aromatic heterocycles. The number of hydrogen-bond acceptors (Lipinski definition) is 4. The van der Waals surface area contributed by atoms with Gasteiger partial charge in [-0.25, -0.2) is 17.8 Å². The predicted molar refractivity (Wildman–Crippen MR) is 109 cm³/mol. The molecule has 1 aliphatic rings. The van der Waals surface area contributed by atoms with Crippen LogP contribution in [0.5, 0.6) is 0 Å². The highest BCUT2D eigenvalue weighted by atomic mass is 35.5. The van der Waals surface area contributed by atoms with Crippen LogP contribution in [0.1, 0.15) is 24.4 Å². The quantitative estimate of drug-likeness (QED) is 0.631. The maximum absolute atomic E-state index is 13.8. The Morgan fingerprint density at radius 1 is 1.14 bits per heavy atom. The molecule has 6 nitrogen and oxygen atoms in total. The van der Waals surface area contributed by atoms with Gasteiger partial charge in [-0.15, -0.1) is 0 Å². The van der Waals surface area contributed by atoms with E-state index in [2.05, 4.69) is 4.98 Å². The highest BCUT2D eigenvalue weighted by Crippen LogP contribution is 2.27. The molecule has 0 unspecified atom stereocenters. The van der Waals surface area contributed by atoms with Crippen molar-refractivity contribution in [1.29, 1.82) is 0 Å². The Balaban J connectivity index is 1.56. The average Bonchev–Trinajstić information content (AvgIpc) is 2.71. The minimum Gasteiger partial charge on any atom is -0.296 e. The fourth-order valence-electron chi connectivity index (χ4n) is 3.61. The topological polar surface area (TPSA) is 72.3 Å². The van der Waals surface area contributed by atoms with Crippen molar-refractivity contribution in [2.24, 2.45) is 0 Å². The molecule has 29 heavy (non-hydrogen) atoms. The van der Waals surface area contributed by atoms with E-state index in [4.69, 9.17) is 11.6 Å². The summed E-state index contributed by atoms with van der Waals surface area (Å²) in [7, 11) is -3.78. The third-order valence-corrected chi connectivity index (χ3v) is 7.47. The molecule has 0 atom stereocenters. The number of aromatic nitrogens is 2. The number of piperidine rings is 1. The zero-order valence-electron chi connectivity index (χ0n) is 15.7. The van der Waals surface area contributed by atoms with E-state index in [9.17, 15) is 17.6 Å². The lowest BCUT2D eigenvalue weighted by atomic mass is 10.1. The second kappa shape index (κ2) is 7.51. The molecule has 9 heteroatoms. The summed E-state index contributed by atoms with van der Waals surface area (Å²) >= 11 is 6.00. The average molecular weight is 436 g/mol. The summed E-state index contributed by atoms with van der Waals surface area (Å²) < 4.78 is 42.4. The van der Waals surface area contributed by atoms with Crippen LogP contribution in [0.25, 0.3) is 10.9 Å². The van der Waals surface area contributed by atoms with Gasteiger partial charge >= 0.3 is 0 Å². The van der Waals surface area contributed by atoms with Crippen LogP contribution >= 0.6 is 11.6 Å². The first kappa shape index (κ1) is 20.0. The van der Waals surface area contributed by atoms with Gasteiger partial charge in [0.1, 0.15) is 5.82 Å². The molecule has 0 saturated carbocycles. The summed E-state index contributed by atoms with van der Waals surface area (Å²) in [6, 6.07) is 8.73. The van der Waals surface area contributed by atoms with Crippen LogP contribution in [0, 0.1) is 12.7 Å². The number of fused-ring (bicyclic) bond motifs is 1. The highest BCUT2D eigenvalue weighted by Gasteiger charge is 2.31. The minimum atomic E-state index is -3.78. The van der Waals surface area contributed by atoms with Crippen molar-refractivity contribution in [1.82, 2.24) is 13.9 Å². The molecule has 0 bridgehead atoms. The molecule has 0 radical (unpaired) electrons. The molecule has 1 aliphatic heterocycles. The summed E-state index contributed by atoms with van der Waals surface area (Å²) in [5.41, 5.74) is 0.766. The minimum absolute atomic E-state index is 0.0572. The van der Waals surface area contributed by atoms with E-state index in [1.165, 1.54) is 22.8 Å². The molecule has 152 valence electrons. The maximum atomic E-state index is 13.8. The first-order valence-electron chi connectivity index (χ1n) is 9.20. The molecule has 0 aliphatic carbocycles. The predicted octanol–water partition coefficient (Wildman–Crippen LogP) is 3.52. The maximum Gasteiger partial charge on any atom is 0.261 e. The summed E-state index contributed by atoms with van der Waals surface area (Å²) in [5.74, 6) is -0.548. The molecule has 2 heterocycles. The van der Waals surface area contributed by atoms with Crippen LogP contribution in [0.3, 0.4) is 0 Å². The number of rotatable bonds is 3. The van der Waals surface area contributed by atoms with E-state index in [1.807, 2.05) is 0 Å². The highest BCUT2D eigenvalue weighted by molar-refractivity contribution is 7.89. The number of aryl methyl sites for hydroxylation is 1. The smallest absolute Gasteiger partial charge is 0.261 e. The van der Waals surface area contributed by atoms with Gasteiger partial charge < -0.3 is 0 Å². The van der Waals surface area contributed by atoms with Crippen molar-refractivity contribution < 1.29 is 12.8 Å². The van der Waals surface area contributed by atoms with Crippen LogP contribution in [0.4, 0.5) is 4.39 Å². The molecule has 0 amide bonds. The van der Waals surface area contributed by atoms with Gasteiger partial charge in [0.15, 0.2) is 0 Å². The second-order valence-corrected chi connectivity index (χ2v) is 9.54. The van der Waals surface area contributed by atoms with E-state index in [0.29, 0.717) is 34.3 Å². The molecule has 0 N–H and O–H groups in total. The van der Waals surface area contributed by atoms with Crippen LogP contribution in [-0.4, -0.2) is 35.4 Å². The molecular weight excluding hydrogens is 417 g/mol. The normalized spacial score (nSPS) is 16.4. The van der Waals surface area contributed by atoms with Gasteiger partial charge in [-0.05, 0) is 55.7 Å². The number of benzene rings is 2. The Morgan fingerprint density at radius 3 is 2.55 bits per heavy atom. The Labute approximate surface area is 172 Å². The Kier molecular flexibility index (Phi) is 5.18. The van der Waals surface area contributed by atoms with Crippen LogP contribution < -0.4 is 5.56 Å². The molecule has 3 aromatic rings. The lowest BCUT2D eigenvalue weighted by Gasteiger charge is -2.32. The van der Waals surface area contributed by atoms with Gasteiger partial charge in [0.05, 0.1) is 22.1 Å². The van der Waals surface area contributed by atoms with E-state index in [1.54, 1.807) is 29.7 Å². The van der Waals surface area contributed by atoms with E-state index in [-0.39, 0.29) is 29.6 Å². The Hall–Kier alpha value is -2.29. The van der Waals surface area contributed by atoms with Gasteiger partial charge in [-0.1, -0.05) is 17.7 Å². The first-order valence-corrected chi connectivity index (χ1v) is 11.0. The fraction of sp³-hybridized carbons (Fsp3) is 0.300. The van der Waals surface area contributed by atoms with Crippen LogP contribution in [0.15, 0.2) is 52.4 Å². The van der Waals surface area contributed by atoms with Gasteiger partial charge in [-0.3, -0.25) is 9.36 Å². The monoisotopic (exact) mass is 435 g/mol. The van der Waals surface area contributed by atoms with Gasteiger partial charge in [-0.2, -0.15) is 4.31 Å². The standard InChI is InChI=1S/C20H19ClFN3O3S/c1-13-2-4-16(11-18(13)22)29(27,28)24-8-6-15(7-9-24)25-12-23-19-5-3-14(21)10-17(19)20(25)26/h2-5,10-12,15H,6-9H2,1H3. The number of sulfonamides is 1. The molecule has 1 saturated heterocycles. The van der Waals surface area contributed by atoms with Crippen LogP contribution in [0.2, 0.25) is 5.02 Å². The van der Waals surface area contributed by atoms with Crippen molar-refractivity contribution in [3.05, 3.63) is 69.5 Å². The van der Waals surface area contributed by atoms with Gasteiger partial charge in [0, 0.05) is 24.2 Å².